The van der Waals surface area contributed by atoms with Gasteiger partial charge in [0.05, 0.1) is 23.5 Å². The van der Waals surface area contributed by atoms with Crippen LogP contribution in [-0.2, 0) is 4.74 Å². The van der Waals surface area contributed by atoms with Crippen molar-refractivity contribution in [2.75, 3.05) is 13.2 Å². The van der Waals surface area contributed by atoms with Crippen molar-refractivity contribution in [2.45, 2.75) is 53.2 Å². The van der Waals surface area contributed by atoms with Crippen molar-refractivity contribution in [1.29, 1.82) is 0 Å². The molecule has 0 bridgehead atoms. The van der Waals surface area contributed by atoms with E-state index in [0.717, 1.165) is 27.6 Å². The lowest BCUT2D eigenvalue weighted by Gasteiger charge is -2.16. The number of ether oxygens (including phenoxy) is 2. The quantitative estimate of drug-likeness (QED) is 0.469. The molecule has 8 heteroatoms. The van der Waals surface area contributed by atoms with Crippen LogP contribution in [0.25, 0.3) is 10.6 Å². The van der Waals surface area contributed by atoms with E-state index in [1.54, 1.807) is 17.4 Å². The van der Waals surface area contributed by atoms with E-state index in [-0.39, 0.29) is 18.1 Å². The maximum atomic E-state index is 13.1. The van der Waals surface area contributed by atoms with Crippen LogP contribution in [0, 0.1) is 13.8 Å². The minimum absolute atomic E-state index is 0.0434. The van der Waals surface area contributed by atoms with Gasteiger partial charge in [-0.2, -0.15) is 10.2 Å². The maximum absolute atomic E-state index is 13.1. The van der Waals surface area contributed by atoms with Crippen LogP contribution in [0.2, 0.25) is 0 Å². The molecule has 2 atom stereocenters. The predicted molar refractivity (Wildman–Crippen MR) is 126 cm³/mol. The summed E-state index contributed by atoms with van der Waals surface area (Å²) in [5, 5.41) is 12.1. The van der Waals surface area contributed by atoms with E-state index >= 15 is 0 Å². The van der Waals surface area contributed by atoms with Gasteiger partial charge < -0.3 is 14.8 Å². The van der Waals surface area contributed by atoms with E-state index in [1.807, 2.05) is 58.2 Å². The van der Waals surface area contributed by atoms with E-state index in [0.29, 0.717) is 30.2 Å². The molecule has 2 heterocycles. The molecular weight excluding hydrogens is 424 g/mol. The zero-order chi connectivity index (χ0) is 23.1. The Bertz CT molecular complexity index is 1040. The molecule has 0 aliphatic carbocycles. The van der Waals surface area contributed by atoms with Crippen LogP contribution < -0.4 is 10.1 Å². The number of nitrogens with zero attached hydrogens (tertiary/aromatic N) is 3. The Kier molecular flexibility index (Phi) is 8.30. The molecule has 1 amide bonds. The molecule has 3 rings (SSSR count). The van der Waals surface area contributed by atoms with E-state index in [1.165, 1.54) is 0 Å². The Morgan fingerprint density at radius 3 is 2.62 bits per heavy atom. The standard InChI is InChI=1S/C24H30N4O3S/c1-6-9-30-16(3)14-31-21-11-19(10-20(12-21)24-25-13-17(4)32-24)23(29)26-18(5)22-8-7-15(2)27-28-22/h7-8,10-13,16,18H,6,9,14H2,1-5H3,(H,26,29)/t16-,18+/m0/s1. The first-order valence-electron chi connectivity index (χ1n) is 10.8. The van der Waals surface area contributed by atoms with Gasteiger partial charge in [-0.25, -0.2) is 4.98 Å². The Balaban J connectivity index is 1.81. The summed E-state index contributed by atoms with van der Waals surface area (Å²) >= 11 is 1.58. The number of hydrogen-bond donors (Lipinski definition) is 1. The summed E-state index contributed by atoms with van der Waals surface area (Å²) in [5.41, 5.74) is 2.88. The Morgan fingerprint density at radius 1 is 1.16 bits per heavy atom. The summed E-state index contributed by atoms with van der Waals surface area (Å²) in [5.74, 6) is 0.394. The van der Waals surface area contributed by atoms with Gasteiger partial charge in [0, 0.05) is 28.8 Å². The molecular formula is C24H30N4O3S. The summed E-state index contributed by atoms with van der Waals surface area (Å²) in [6.45, 7) is 10.9. The zero-order valence-corrected chi connectivity index (χ0v) is 20.0. The predicted octanol–water partition coefficient (Wildman–Crippen LogP) is 4.90. The van der Waals surface area contributed by atoms with Crippen molar-refractivity contribution in [2.24, 2.45) is 0 Å². The number of aryl methyl sites for hydroxylation is 2. The zero-order valence-electron chi connectivity index (χ0n) is 19.2. The summed E-state index contributed by atoms with van der Waals surface area (Å²) in [6.07, 6.45) is 2.74. The van der Waals surface area contributed by atoms with Crippen LogP contribution in [-0.4, -0.2) is 40.4 Å². The normalized spacial score (nSPS) is 12.9. The highest BCUT2D eigenvalue weighted by Gasteiger charge is 2.17. The average molecular weight is 455 g/mol. The highest BCUT2D eigenvalue weighted by atomic mass is 32.1. The fourth-order valence-electron chi connectivity index (χ4n) is 3.00. The highest BCUT2D eigenvalue weighted by molar-refractivity contribution is 7.14. The number of nitrogens with one attached hydrogen (secondary N) is 1. The lowest BCUT2D eigenvalue weighted by molar-refractivity contribution is 0.0327. The number of rotatable bonds is 10. The number of aromatic nitrogens is 3. The molecule has 1 aromatic carbocycles. The molecule has 0 radical (unpaired) electrons. The second kappa shape index (κ2) is 11.2. The number of benzene rings is 1. The first-order valence-corrected chi connectivity index (χ1v) is 11.6. The molecule has 0 fully saturated rings. The van der Waals surface area contributed by atoms with Gasteiger partial charge in [-0.05, 0) is 64.4 Å². The SMILES string of the molecule is CCCO[C@@H](C)COc1cc(C(=O)N[C@H](C)c2ccc(C)nn2)cc(-c2ncc(C)s2)c1. The minimum Gasteiger partial charge on any atom is -0.491 e. The summed E-state index contributed by atoms with van der Waals surface area (Å²) < 4.78 is 11.7. The lowest BCUT2D eigenvalue weighted by Crippen LogP contribution is -2.27. The molecule has 0 aliphatic rings. The molecule has 0 unspecified atom stereocenters. The van der Waals surface area contributed by atoms with E-state index in [4.69, 9.17) is 9.47 Å². The molecule has 3 aromatic rings. The molecule has 2 aromatic heterocycles. The topological polar surface area (TPSA) is 86.2 Å². The molecule has 170 valence electrons. The number of amides is 1. The third-order valence-corrected chi connectivity index (χ3v) is 5.70. The fraction of sp³-hybridized carbons (Fsp3) is 0.417. The van der Waals surface area contributed by atoms with Crippen molar-refractivity contribution in [3.05, 3.63) is 58.4 Å². The summed E-state index contributed by atoms with van der Waals surface area (Å²) in [6, 6.07) is 8.97. The number of hydrogen-bond acceptors (Lipinski definition) is 7. The molecule has 0 saturated carbocycles. The number of carbonyl (C=O) groups is 1. The first-order chi connectivity index (χ1) is 15.4. The van der Waals surface area contributed by atoms with Crippen molar-refractivity contribution < 1.29 is 14.3 Å². The molecule has 32 heavy (non-hydrogen) atoms. The van der Waals surface area contributed by atoms with Crippen molar-refractivity contribution in [1.82, 2.24) is 20.5 Å². The Morgan fingerprint density at radius 2 is 1.97 bits per heavy atom. The lowest BCUT2D eigenvalue weighted by atomic mass is 10.1. The maximum Gasteiger partial charge on any atom is 0.251 e. The van der Waals surface area contributed by atoms with Crippen LogP contribution in [0.1, 0.15) is 59.9 Å². The number of thiazole rings is 1. The van der Waals surface area contributed by atoms with E-state index in [2.05, 4.69) is 27.4 Å². The van der Waals surface area contributed by atoms with Crippen molar-refractivity contribution in [3.8, 4) is 16.3 Å². The second-order valence-electron chi connectivity index (χ2n) is 7.81. The monoisotopic (exact) mass is 454 g/mol. The van der Waals surface area contributed by atoms with Crippen LogP contribution in [0.15, 0.2) is 36.5 Å². The summed E-state index contributed by atoms with van der Waals surface area (Å²) in [4.78, 5) is 18.6. The van der Waals surface area contributed by atoms with E-state index in [9.17, 15) is 4.79 Å². The molecule has 0 spiro atoms. The minimum atomic E-state index is -0.284. The number of carbonyl (C=O) groups excluding carboxylic acids is 1. The van der Waals surface area contributed by atoms with Gasteiger partial charge in [-0.15, -0.1) is 11.3 Å². The van der Waals surface area contributed by atoms with Gasteiger partial charge >= 0.3 is 0 Å². The van der Waals surface area contributed by atoms with Gasteiger partial charge in [-0.3, -0.25) is 4.79 Å². The second-order valence-corrected chi connectivity index (χ2v) is 9.04. The first kappa shape index (κ1) is 23.8. The van der Waals surface area contributed by atoms with Crippen LogP contribution in [0.5, 0.6) is 5.75 Å². The third kappa shape index (κ3) is 6.58. The Labute approximate surface area is 193 Å². The van der Waals surface area contributed by atoms with Gasteiger partial charge in [0.15, 0.2) is 0 Å². The van der Waals surface area contributed by atoms with Crippen LogP contribution >= 0.6 is 11.3 Å². The van der Waals surface area contributed by atoms with Gasteiger partial charge in [0.1, 0.15) is 17.4 Å². The molecule has 0 aliphatic heterocycles. The highest BCUT2D eigenvalue weighted by Crippen LogP contribution is 2.30. The largest absolute Gasteiger partial charge is 0.491 e. The van der Waals surface area contributed by atoms with Crippen molar-refractivity contribution >= 4 is 17.2 Å². The molecule has 7 nitrogen and oxygen atoms in total. The smallest absolute Gasteiger partial charge is 0.251 e. The van der Waals surface area contributed by atoms with Crippen molar-refractivity contribution in [3.63, 3.8) is 0 Å². The summed E-state index contributed by atoms with van der Waals surface area (Å²) in [7, 11) is 0. The molecule has 0 saturated heterocycles. The Hall–Kier alpha value is -2.84. The van der Waals surface area contributed by atoms with E-state index < -0.39 is 0 Å². The van der Waals surface area contributed by atoms with Gasteiger partial charge in [0.2, 0.25) is 0 Å². The average Bonchev–Trinajstić information content (AvgIpc) is 3.22. The van der Waals surface area contributed by atoms with Gasteiger partial charge in [-0.1, -0.05) is 6.92 Å². The van der Waals surface area contributed by atoms with Crippen LogP contribution in [0.3, 0.4) is 0 Å². The van der Waals surface area contributed by atoms with Gasteiger partial charge in [0.25, 0.3) is 5.91 Å². The molecule has 1 N–H and O–H groups in total. The third-order valence-electron chi connectivity index (χ3n) is 4.74. The van der Waals surface area contributed by atoms with Crippen LogP contribution in [0.4, 0.5) is 0 Å². The fourth-order valence-corrected chi connectivity index (χ4v) is 3.75.